The third kappa shape index (κ3) is 4.48. The first-order valence-electron chi connectivity index (χ1n) is 12.3. The summed E-state index contributed by atoms with van der Waals surface area (Å²) in [5.74, 6) is -2.12. The summed E-state index contributed by atoms with van der Waals surface area (Å²) in [7, 11) is 1.37. The Morgan fingerprint density at radius 1 is 1.23 bits per heavy atom. The average Bonchev–Trinajstić information content (AvgIpc) is 3.56. The molecule has 2 unspecified atom stereocenters. The van der Waals surface area contributed by atoms with E-state index in [-0.39, 0.29) is 45.6 Å². The summed E-state index contributed by atoms with van der Waals surface area (Å²) < 4.78 is 16.1. The van der Waals surface area contributed by atoms with Gasteiger partial charge in [-0.1, -0.05) is 17.4 Å². The molecule has 39 heavy (non-hydrogen) atoms. The van der Waals surface area contributed by atoms with Gasteiger partial charge in [-0.15, -0.1) is 0 Å². The summed E-state index contributed by atoms with van der Waals surface area (Å²) in [6.07, 6.45) is 0.618. The van der Waals surface area contributed by atoms with Gasteiger partial charge in [0.05, 0.1) is 31.0 Å². The Morgan fingerprint density at radius 3 is 2.72 bits per heavy atom. The van der Waals surface area contributed by atoms with Crippen LogP contribution in [0.15, 0.2) is 42.0 Å². The fourth-order valence-electron chi connectivity index (χ4n) is 4.81. The highest BCUT2D eigenvalue weighted by Crippen LogP contribution is 2.46. The number of nitrogens with zero attached hydrogens (tertiary/aromatic N) is 2. The number of ketones is 1. The van der Waals surface area contributed by atoms with E-state index >= 15 is 0 Å². The van der Waals surface area contributed by atoms with Gasteiger partial charge in [-0.2, -0.15) is 0 Å². The number of hydrogen-bond acceptors (Lipinski definition) is 10. The number of phenolic OH excluding ortho intramolecular Hbond substituents is 1. The van der Waals surface area contributed by atoms with Crippen LogP contribution in [0.4, 0.5) is 5.13 Å². The largest absolute Gasteiger partial charge is 0.507 e. The third-order valence-corrected chi connectivity index (χ3v) is 7.72. The maximum atomic E-state index is 13.5. The van der Waals surface area contributed by atoms with Crippen molar-refractivity contribution in [2.24, 2.45) is 0 Å². The van der Waals surface area contributed by atoms with Crippen LogP contribution in [0.3, 0.4) is 0 Å². The monoisotopic (exact) mass is 550 g/mol. The second kappa shape index (κ2) is 10.1. The molecule has 202 valence electrons. The number of aromatic hydroxyl groups is 1. The number of methoxy groups -OCH3 is 1. The van der Waals surface area contributed by atoms with Crippen LogP contribution < -0.4 is 14.4 Å². The lowest BCUT2D eigenvalue weighted by molar-refractivity contribution is -0.132. The molecule has 1 aromatic heterocycles. The van der Waals surface area contributed by atoms with Gasteiger partial charge in [0, 0.05) is 12.0 Å². The number of fused-ring (bicyclic) bond motifs is 1. The molecule has 5 rings (SSSR count). The van der Waals surface area contributed by atoms with Crippen molar-refractivity contribution in [2.75, 3.05) is 18.6 Å². The molecule has 11 heteroatoms. The minimum atomic E-state index is -1.12. The lowest BCUT2D eigenvalue weighted by atomic mass is 9.94. The summed E-state index contributed by atoms with van der Waals surface area (Å²) in [5.41, 5.74) is 1.78. The summed E-state index contributed by atoms with van der Waals surface area (Å²) in [6, 6.07) is 8.35. The molecular weight excluding hydrogens is 524 g/mol. The number of carbonyl (C=O) groups excluding carboxylic acids is 3. The first kappa shape index (κ1) is 26.2. The SMILES string of the molecule is CCOC(=O)c1sc(N2C(=O)C(=O)/C(=C(/O)c3ccc4c(c3)CC(C)O4)C2c2ccc(O)c(OC)c2)nc1C. The highest BCUT2D eigenvalue weighted by atomic mass is 32.1. The Labute approximate surface area is 228 Å². The number of thiazole rings is 1. The van der Waals surface area contributed by atoms with E-state index in [1.807, 2.05) is 6.92 Å². The Morgan fingerprint density at radius 2 is 2.00 bits per heavy atom. The molecule has 2 N–H and O–H groups in total. The fraction of sp³-hybridized carbons (Fsp3) is 0.286. The maximum absolute atomic E-state index is 13.5. The van der Waals surface area contributed by atoms with Gasteiger partial charge in [-0.05, 0) is 62.2 Å². The molecule has 3 heterocycles. The molecular formula is C28H26N2O8S. The smallest absolute Gasteiger partial charge is 0.350 e. The quantitative estimate of drug-likeness (QED) is 0.199. The number of carbonyl (C=O) groups is 3. The molecule has 0 spiro atoms. The Hall–Kier alpha value is -4.38. The van der Waals surface area contributed by atoms with E-state index in [2.05, 4.69) is 4.98 Å². The normalized spacial score (nSPS) is 19.6. The van der Waals surface area contributed by atoms with Crippen LogP contribution >= 0.6 is 11.3 Å². The van der Waals surface area contributed by atoms with Crippen molar-refractivity contribution >= 4 is 39.9 Å². The second-order valence-corrected chi connectivity index (χ2v) is 10.2. The zero-order valence-corrected chi connectivity index (χ0v) is 22.5. The molecule has 1 fully saturated rings. The fourth-order valence-corrected chi connectivity index (χ4v) is 5.79. The van der Waals surface area contributed by atoms with Gasteiger partial charge < -0.3 is 24.4 Å². The second-order valence-electron chi connectivity index (χ2n) is 9.19. The summed E-state index contributed by atoms with van der Waals surface area (Å²) in [4.78, 5) is 45.2. The number of aliphatic hydroxyl groups excluding tert-OH is 1. The molecule has 2 aromatic carbocycles. The number of aryl methyl sites for hydroxylation is 1. The van der Waals surface area contributed by atoms with Crippen molar-refractivity contribution in [1.82, 2.24) is 4.98 Å². The number of ether oxygens (including phenoxy) is 3. The van der Waals surface area contributed by atoms with Crippen LogP contribution in [0.25, 0.3) is 5.76 Å². The summed E-state index contributed by atoms with van der Waals surface area (Å²) in [5, 5.41) is 21.7. The highest BCUT2D eigenvalue weighted by Gasteiger charge is 2.48. The number of amides is 1. The standard InChI is InChI=1S/C28H26N2O8S/c1-5-37-27(35)25-14(3)29-28(39-25)30-22(15-6-8-18(31)20(12-15)36-4)21(24(33)26(30)34)23(32)16-7-9-19-17(11-16)10-13(2)38-19/h6-9,11-13,22,31-32H,5,10H2,1-4H3/b23-21+. The van der Waals surface area contributed by atoms with Crippen LogP contribution in [-0.2, 0) is 20.7 Å². The molecule has 0 aliphatic carbocycles. The summed E-state index contributed by atoms with van der Waals surface area (Å²) >= 11 is 0.914. The molecule has 0 bridgehead atoms. The average molecular weight is 551 g/mol. The van der Waals surface area contributed by atoms with Gasteiger partial charge in [-0.25, -0.2) is 9.78 Å². The van der Waals surface area contributed by atoms with Crippen LogP contribution in [0.1, 0.15) is 51.9 Å². The lowest BCUT2D eigenvalue weighted by Crippen LogP contribution is -2.29. The molecule has 1 amide bonds. The minimum absolute atomic E-state index is 0.0193. The third-order valence-electron chi connectivity index (χ3n) is 6.59. The molecule has 1 saturated heterocycles. The van der Waals surface area contributed by atoms with Gasteiger partial charge in [-0.3, -0.25) is 14.5 Å². The first-order valence-corrected chi connectivity index (χ1v) is 13.1. The molecule has 2 atom stereocenters. The highest BCUT2D eigenvalue weighted by molar-refractivity contribution is 7.17. The van der Waals surface area contributed by atoms with Crippen LogP contribution in [-0.4, -0.2) is 52.7 Å². The zero-order valence-electron chi connectivity index (χ0n) is 21.7. The van der Waals surface area contributed by atoms with Crippen LogP contribution in [0, 0.1) is 6.92 Å². The van der Waals surface area contributed by atoms with Crippen molar-refractivity contribution in [3.05, 3.63) is 69.2 Å². The number of aromatic nitrogens is 1. The molecule has 10 nitrogen and oxygen atoms in total. The maximum Gasteiger partial charge on any atom is 0.350 e. The predicted octanol–water partition coefficient (Wildman–Crippen LogP) is 4.29. The van der Waals surface area contributed by atoms with Crippen molar-refractivity contribution in [2.45, 2.75) is 39.3 Å². The predicted molar refractivity (Wildman–Crippen MR) is 142 cm³/mol. The summed E-state index contributed by atoms with van der Waals surface area (Å²) in [6.45, 7) is 5.38. The van der Waals surface area contributed by atoms with Gasteiger partial charge in [0.15, 0.2) is 16.6 Å². The zero-order chi connectivity index (χ0) is 28.0. The van der Waals surface area contributed by atoms with Gasteiger partial charge in [0.1, 0.15) is 22.5 Å². The molecule has 2 aliphatic rings. The van der Waals surface area contributed by atoms with E-state index in [0.29, 0.717) is 29.0 Å². The van der Waals surface area contributed by atoms with E-state index in [1.54, 1.807) is 32.0 Å². The van der Waals surface area contributed by atoms with E-state index < -0.39 is 23.7 Å². The van der Waals surface area contributed by atoms with E-state index in [9.17, 15) is 24.6 Å². The number of rotatable bonds is 6. The Kier molecular flexibility index (Phi) is 6.77. The molecule has 3 aromatic rings. The van der Waals surface area contributed by atoms with Gasteiger partial charge in [0.25, 0.3) is 5.78 Å². The van der Waals surface area contributed by atoms with Crippen molar-refractivity contribution < 1.29 is 38.8 Å². The number of anilines is 1. The van der Waals surface area contributed by atoms with Crippen LogP contribution in [0.2, 0.25) is 0 Å². The number of benzene rings is 2. The molecule has 0 saturated carbocycles. The van der Waals surface area contributed by atoms with Crippen molar-refractivity contribution in [3.8, 4) is 17.2 Å². The van der Waals surface area contributed by atoms with Gasteiger partial charge in [0.2, 0.25) is 0 Å². The van der Waals surface area contributed by atoms with Crippen molar-refractivity contribution in [3.63, 3.8) is 0 Å². The van der Waals surface area contributed by atoms with Crippen molar-refractivity contribution in [1.29, 1.82) is 0 Å². The minimum Gasteiger partial charge on any atom is -0.507 e. The van der Waals surface area contributed by atoms with E-state index in [1.165, 1.54) is 25.3 Å². The van der Waals surface area contributed by atoms with E-state index in [4.69, 9.17) is 14.2 Å². The molecule has 0 radical (unpaired) electrons. The topological polar surface area (TPSA) is 135 Å². The number of esters is 1. The van der Waals surface area contributed by atoms with Gasteiger partial charge >= 0.3 is 11.9 Å². The molecule has 2 aliphatic heterocycles. The Balaban J connectivity index is 1.69. The number of Topliss-reactive ketones (excluding diaryl/α,β-unsaturated/α-hetero) is 1. The van der Waals surface area contributed by atoms with E-state index in [0.717, 1.165) is 21.8 Å². The number of phenols is 1. The lowest BCUT2D eigenvalue weighted by Gasteiger charge is -2.23. The number of aliphatic hydroxyl groups is 1. The first-order chi connectivity index (χ1) is 18.6. The van der Waals surface area contributed by atoms with Crippen LogP contribution in [0.5, 0.6) is 17.2 Å². The Bertz CT molecular complexity index is 1540. The number of hydrogen-bond donors (Lipinski definition) is 2.